The highest BCUT2D eigenvalue weighted by atomic mass is 35.5. The Morgan fingerprint density at radius 3 is 2.40 bits per heavy atom. The third kappa shape index (κ3) is 5.23. The van der Waals surface area contributed by atoms with Gasteiger partial charge in [-0.1, -0.05) is 29.3 Å². The van der Waals surface area contributed by atoms with Crippen LogP contribution >= 0.6 is 35.0 Å². The number of hydrogen-bond acceptors (Lipinski definition) is 3. The zero-order valence-corrected chi connectivity index (χ0v) is 15.4. The Kier molecular flexibility index (Phi) is 5.97. The Hall–Kier alpha value is -2.01. The van der Waals surface area contributed by atoms with Crippen LogP contribution in [-0.2, 0) is 5.75 Å². The second-order valence-corrected chi connectivity index (χ2v) is 7.21. The third-order valence-electron chi connectivity index (χ3n) is 3.37. The molecule has 1 amide bonds. The predicted molar refractivity (Wildman–Crippen MR) is 105 cm³/mol. The molecule has 3 rings (SSSR count). The summed E-state index contributed by atoms with van der Waals surface area (Å²) in [7, 11) is 0. The lowest BCUT2D eigenvalue weighted by Crippen LogP contribution is -2.11. The number of aromatic nitrogens is 1. The van der Waals surface area contributed by atoms with Crippen LogP contribution in [0.15, 0.2) is 71.9 Å². The first kappa shape index (κ1) is 17.8. The Morgan fingerprint density at radius 1 is 1.04 bits per heavy atom. The number of rotatable bonds is 5. The summed E-state index contributed by atoms with van der Waals surface area (Å²) in [6.45, 7) is 0. The molecule has 0 bridgehead atoms. The van der Waals surface area contributed by atoms with Gasteiger partial charge in [0.05, 0.1) is 0 Å². The Labute approximate surface area is 160 Å². The first-order valence-corrected chi connectivity index (χ1v) is 9.23. The lowest BCUT2D eigenvalue weighted by Gasteiger charge is -2.07. The first-order valence-electron chi connectivity index (χ1n) is 7.49. The van der Waals surface area contributed by atoms with E-state index in [0.717, 1.165) is 10.6 Å². The van der Waals surface area contributed by atoms with E-state index in [1.165, 1.54) is 5.56 Å². The van der Waals surface area contributed by atoms with Crippen molar-refractivity contribution in [2.75, 3.05) is 5.32 Å². The molecule has 0 fully saturated rings. The molecule has 1 heterocycles. The van der Waals surface area contributed by atoms with E-state index in [-0.39, 0.29) is 5.91 Å². The van der Waals surface area contributed by atoms with Crippen molar-refractivity contribution in [3.8, 4) is 0 Å². The van der Waals surface area contributed by atoms with Gasteiger partial charge in [-0.2, -0.15) is 0 Å². The summed E-state index contributed by atoms with van der Waals surface area (Å²) in [5.74, 6) is 0.598. The molecule has 0 aliphatic rings. The number of nitrogens with one attached hydrogen (secondary N) is 1. The number of hydrogen-bond donors (Lipinski definition) is 1. The number of thioether (sulfide) groups is 1. The van der Waals surface area contributed by atoms with E-state index in [4.69, 9.17) is 23.2 Å². The average Bonchev–Trinajstić information content (AvgIpc) is 2.61. The molecular weight excluding hydrogens is 375 g/mol. The van der Waals surface area contributed by atoms with Gasteiger partial charge < -0.3 is 5.32 Å². The van der Waals surface area contributed by atoms with Crippen molar-refractivity contribution >= 4 is 46.6 Å². The molecule has 1 aromatic heterocycles. The van der Waals surface area contributed by atoms with Gasteiger partial charge in [0.15, 0.2) is 0 Å². The Bertz CT molecular complexity index is 850. The number of amides is 1. The monoisotopic (exact) mass is 388 g/mol. The quantitative estimate of drug-likeness (QED) is 0.550. The van der Waals surface area contributed by atoms with Crippen molar-refractivity contribution in [3.05, 3.63) is 88.2 Å². The number of pyridine rings is 1. The summed E-state index contributed by atoms with van der Waals surface area (Å²) in [5, 5.41) is 3.70. The van der Waals surface area contributed by atoms with Gasteiger partial charge in [-0.3, -0.25) is 9.78 Å². The van der Waals surface area contributed by atoms with Gasteiger partial charge in [0.25, 0.3) is 5.91 Å². The van der Waals surface area contributed by atoms with Crippen molar-refractivity contribution in [3.63, 3.8) is 0 Å². The summed E-state index contributed by atoms with van der Waals surface area (Å²) < 4.78 is 0. The van der Waals surface area contributed by atoms with E-state index in [2.05, 4.69) is 10.3 Å². The normalized spacial score (nSPS) is 10.5. The SMILES string of the molecule is O=C(Nc1ccc(SCc2cccnc2)cc1)c1cc(Cl)cc(Cl)c1. The molecule has 3 nitrogen and oxygen atoms in total. The molecule has 1 N–H and O–H groups in total. The topological polar surface area (TPSA) is 42.0 Å². The Morgan fingerprint density at radius 2 is 1.76 bits per heavy atom. The minimum absolute atomic E-state index is 0.250. The summed E-state index contributed by atoms with van der Waals surface area (Å²) in [4.78, 5) is 17.5. The molecule has 0 radical (unpaired) electrons. The number of anilines is 1. The molecule has 3 aromatic rings. The van der Waals surface area contributed by atoms with Crippen LogP contribution in [0, 0.1) is 0 Å². The minimum Gasteiger partial charge on any atom is -0.322 e. The van der Waals surface area contributed by atoms with Crippen LogP contribution in [0.1, 0.15) is 15.9 Å². The molecule has 2 aromatic carbocycles. The fourth-order valence-electron chi connectivity index (χ4n) is 2.17. The molecule has 0 unspecified atom stereocenters. The number of nitrogens with zero attached hydrogens (tertiary/aromatic N) is 1. The maximum atomic E-state index is 12.3. The molecule has 0 spiro atoms. The Balaban J connectivity index is 1.61. The van der Waals surface area contributed by atoms with Crippen LogP contribution in [-0.4, -0.2) is 10.9 Å². The van der Waals surface area contributed by atoms with Crippen LogP contribution in [0.3, 0.4) is 0 Å². The maximum Gasteiger partial charge on any atom is 0.255 e. The fraction of sp³-hybridized carbons (Fsp3) is 0.0526. The number of carbonyl (C=O) groups excluding carboxylic acids is 1. The van der Waals surface area contributed by atoms with Gasteiger partial charge in [-0.05, 0) is 54.1 Å². The number of benzene rings is 2. The first-order chi connectivity index (χ1) is 12.1. The van der Waals surface area contributed by atoms with Crippen LogP contribution in [0.5, 0.6) is 0 Å². The molecule has 0 aliphatic heterocycles. The van der Waals surface area contributed by atoms with E-state index in [1.807, 2.05) is 42.6 Å². The molecule has 0 atom stereocenters. The molecular formula is C19H14Cl2N2OS. The highest BCUT2D eigenvalue weighted by Gasteiger charge is 2.08. The molecule has 0 saturated carbocycles. The van der Waals surface area contributed by atoms with E-state index in [0.29, 0.717) is 21.3 Å². The highest BCUT2D eigenvalue weighted by Crippen LogP contribution is 2.25. The highest BCUT2D eigenvalue weighted by molar-refractivity contribution is 7.98. The molecule has 0 saturated heterocycles. The number of halogens is 2. The van der Waals surface area contributed by atoms with Crippen molar-refractivity contribution in [1.29, 1.82) is 0 Å². The maximum absolute atomic E-state index is 12.3. The molecule has 25 heavy (non-hydrogen) atoms. The van der Waals surface area contributed by atoms with Crippen LogP contribution in [0.2, 0.25) is 10.0 Å². The van der Waals surface area contributed by atoms with Crippen LogP contribution < -0.4 is 5.32 Å². The zero-order chi connectivity index (χ0) is 17.6. The van der Waals surface area contributed by atoms with Crippen LogP contribution in [0.25, 0.3) is 0 Å². The largest absolute Gasteiger partial charge is 0.322 e. The predicted octanol–water partition coefficient (Wildman–Crippen LogP) is 5.93. The zero-order valence-electron chi connectivity index (χ0n) is 13.1. The summed E-state index contributed by atoms with van der Waals surface area (Å²) in [6, 6.07) is 16.4. The van der Waals surface area contributed by atoms with E-state index in [9.17, 15) is 4.79 Å². The molecule has 0 aliphatic carbocycles. The standard InChI is InChI=1S/C19H14Cl2N2OS/c20-15-8-14(9-16(21)10-15)19(24)23-17-3-5-18(6-4-17)25-12-13-2-1-7-22-11-13/h1-11H,12H2,(H,23,24). The minimum atomic E-state index is -0.250. The second kappa shape index (κ2) is 8.39. The van der Waals surface area contributed by atoms with Crippen molar-refractivity contribution in [2.24, 2.45) is 0 Å². The van der Waals surface area contributed by atoms with E-state index < -0.39 is 0 Å². The van der Waals surface area contributed by atoms with Crippen molar-refractivity contribution in [1.82, 2.24) is 4.98 Å². The summed E-state index contributed by atoms with van der Waals surface area (Å²) in [5.41, 5.74) is 2.31. The van der Waals surface area contributed by atoms with Crippen molar-refractivity contribution in [2.45, 2.75) is 10.6 Å². The van der Waals surface area contributed by atoms with Gasteiger partial charge in [0, 0.05) is 44.3 Å². The number of carbonyl (C=O) groups is 1. The van der Waals surface area contributed by atoms with Gasteiger partial charge in [0.2, 0.25) is 0 Å². The lowest BCUT2D eigenvalue weighted by molar-refractivity contribution is 0.102. The van der Waals surface area contributed by atoms with E-state index in [1.54, 1.807) is 36.2 Å². The summed E-state index contributed by atoms with van der Waals surface area (Å²) >= 11 is 13.6. The van der Waals surface area contributed by atoms with Crippen molar-refractivity contribution < 1.29 is 4.79 Å². The molecule has 6 heteroatoms. The molecule has 126 valence electrons. The van der Waals surface area contributed by atoms with Gasteiger partial charge in [-0.25, -0.2) is 0 Å². The smallest absolute Gasteiger partial charge is 0.255 e. The van der Waals surface area contributed by atoms with E-state index >= 15 is 0 Å². The van der Waals surface area contributed by atoms with Gasteiger partial charge >= 0.3 is 0 Å². The average molecular weight is 389 g/mol. The fourth-order valence-corrected chi connectivity index (χ4v) is 3.53. The third-order valence-corrected chi connectivity index (χ3v) is 4.88. The van der Waals surface area contributed by atoms with Gasteiger partial charge in [-0.15, -0.1) is 11.8 Å². The summed E-state index contributed by atoms with van der Waals surface area (Å²) in [6.07, 6.45) is 3.62. The second-order valence-electron chi connectivity index (χ2n) is 5.29. The van der Waals surface area contributed by atoms with Crippen LogP contribution in [0.4, 0.5) is 5.69 Å². The van der Waals surface area contributed by atoms with Gasteiger partial charge in [0.1, 0.15) is 0 Å². The lowest BCUT2D eigenvalue weighted by atomic mass is 10.2.